The molecule has 0 saturated heterocycles. The quantitative estimate of drug-likeness (QED) is 0.847. The number of hydrogen-bond donors (Lipinski definition) is 1. The van der Waals surface area contributed by atoms with E-state index < -0.39 is 12.1 Å². The number of hydrogen-bond acceptors (Lipinski definition) is 5. The molecule has 2 aromatic rings. The number of nitrogens with one attached hydrogen (secondary N) is 1. The molecule has 0 radical (unpaired) electrons. The summed E-state index contributed by atoms with van der Waals surface area (Å²) in [5.74, 6) is 0.0801. The van der Waals surface area contributed by atoms with Crippen molar-refractivity contribution in [2.45, 2.75) is 13.1 Å². The topological polar surface area (TPSA) is 64.9 Å². The third-order valence-corrected chi connectivity index (χ3v) is 3.05. The molecule has 1 atom stereocenters. The second-order valence-corrected chi connectivity index (χ2v) is 4.45. The van der Waals surface area contributed by atoms with E-state index in [1.54, 1.807) is 19.2 Å². The van der Waals surface area contributed by atoms with Crippen LogP contribution in [0.1, 0.15) is 17.3 Å². The SMILES string of the molecule is CCOC(=O)c1cnn2cc3c(cc12)NC[C@@H](F)CO3. The first-order valence-electron chi connectivity index (χ1n) is 6.38. The minimum atomic E-state index is -1.07. The first kappa shape index (κ1) is 12.7. The fourth-order valence-corrected chi connectivity index (χ4v) is 2.09. The molecule has 1 N–H and O–H groups in total. The van der Waals surface area contributed by atoms with Crippen molar-refractivity contribution < 1.29 is 18.7 Å². The first-order valence-corrected chi connectivity index (χ1v) is 6.38. The summed E-state index contributed by atoms with van der Waals surface area (Å²) in [6.45, 7) is 2.21. The number of carbonyl (C=O) groups is 1. The predicted octanol–water partition coefficient (Wildman–Crippen LogP) is 1.65. The number of carbonyl (C=O) groups excluding carboxylic acids is 1. The van der Waals surface area contributed by atoms with Crippen LogP contribution in [0.4, 0.5) is 10.1 Å². The number of fused-ring (bicyclic) bond motifs is 2. The molecule has 0 unspecified atom stereocenters. The summed E-state index contributed by atoms with van der Waals surface area (Å²) in [6, 6.07) is 1.71. The number of ether oxygens (including phenoxy) is 2. The Balaban J connectivity index is 2.04. The van der Waals surface area contributed by atoms with Crippen LogP contribution >= 0.6 is 0 Å². The maximum absolute atomic E-state index is 13.3. The lowest BCUT2D eigenvalue weighted by Crippen LogP contribution is -2.18. The molecular formula is C13H14FN3O3. The molecule has 0 saturated carbocycles. The molecule has 1 aliphatic heterocycles. The number of anilines is 1. The summed E-state index contributed by atoms with van der Waals surface area (Å²) < 4.78 is 25.2. The van der Waals surface area contributed by atoms with E-state index in [4.69, 9.17) is 9.47 Å². The Labute approximate surface area is 114 Å². The third-order valence-electron chi connectivity index (χ3n) is 3.05. The van der Waals surface area contributed by atoms with E-state index in [0.717, 1.165) is 0 Å². The molecule has 3 heterocycles. The van der Waals surface area contributed by atoms with Crippen molar-refractivity contribution >= 4 is 17.2 Å². The van der Waals surface area contributed by atoms with E-state index >= 15 is 0 Å². The van der Waals surface area contributed by atoms with Gasteiger partial charge in [-0.05, 0) is 13.0 Å². The molecule has 20 heavy (non-hydrogen) atoms. The number of pyridine rings is 1. The summed E-state index contributed by atoms with van der Waals surface area (Å²) in [4.78, 5) is 11.8. The Morgan fingerprint density at radius 2 is 2.55 bits per heavy atom. The Bertz CT molecular complexity index is 656. The highest BCUT2D eigenvalue weighted by Crippen LogP contribution is 2.29. The first-order chi connectivity index (χ1) is 9.69. The van der Waals surface area contributed by atoms with Gasteiger partial charge in [0.1, 0.15) is 12.2 Å². The molecule has 106 valence electrons. The molecule has 7 heteroatoms. The predicted molar refractivity (Wildman–Crippen MR) is 70.0 cm³/mol. The van der Waals surface area contributed by atoms with Crippen LogP contribution in [0.5, 0.6) is 5.75 Å². The number of esters is 1. The lowest BCUT2D eigenvalue weighted by molar-refractivity contribution is 0.0528. The van der Waals surface area contributed by atoms with Crippen LogP contribution < -0.4 is 10.1 Å². The number of halogens is 1. The van der Waals surface area contributed by atoms with Crippen molar-refractivity contribution in [3.63, 3.8) is 0 Å². The van der Waals surface area contributed by atoms with Gasteiger partial charge >= 0.3 is 5.97 Å². The fourth-order valence-electron chi connectivity index (χ4n) is 2.09. The standard InChI is InChI=1S/C13H14FN3O3/c1-2-19-13(18)9-5-16-17-6-12-10(3-11(9)17)15-4-8(14)7-20-12/h3,5-6,8,15H,2,4,7H2,1H3/t8-/m1/s1. The van der Waals surface area contributed by atoms with Crippen LogP contribution in [0, 0.1) is 0 Å². The zero-order valence-corrected chi connectivity index (χ0v) is 10.9. The fraction of sp³-hybridized carbons (Fsp3) is 0.385. The summed E-state index contributed by atoms with van der Waals surface area (Å²) >= 11 is 0. The average molecular weight is 279 g/mol. The highest BCUT2D eigenvalue weighted by Gasteiger charge is 2.20. The molecule has 1 aliphatic rings. The van der Waals surface area contributed by atoms with Gasteiger partial charge in [-0.25, -0.2) is 13.7 Å². The van der Waals surface area contributed by atoms with Crippen molar-refractivity contribution in [3.05, 3.63) is 24.0 Å². The van der Waals surface area contributed by atoms with E-state index in [-0.39, 0.29) is 13.2 Å². The van der Waals surface area contributed by atoms with E-state index in [9.17, 15) is 9.18 Å². The molecule has 0 fully saturated rings. The van der Waals surface area contributed by atoms with Gasteiger partial charge in [0.05, 0.1) is 30.2 Å². The second-order valence-electron chi connectivity index (χ2n) is 4.45. The number of nitrogens with zero attached hydrogens (tertiary/aromatic N) is 2. The van der Waals surface area contributed by atoms with Crippen molar-refractivity contribution in [3.8, 4) is 5.75 Å². The zero-order valence-electron chi connectivity index (χ0n) is 10.9. The van der Waals surface area contributed by atoms with Gasteiger partial charge < -0.3 is 14.8 Å². The maximum atomic E-state index is 13.3. The lowest BCUT2D eigenvalue weighted by Gasteiger charge is -2.08. The molecule has 3 rings (SSSR count). The number of rotatable bonds is 2. The van der Waals surface area contributed by atoms with Gasteiger partial charge in [0.15, 0.2) is 11.9 Å². The number of alkyl halides is 1. The summed E-state index contributed by atoms with van der Waals surface area (Å²) in [6.07, 6.45) is 2.00. The van der Waals surface area contributed by atoms with Gasteiger partial charge in [0.2, 0.25) is 0 Å². The minimum Gasteiger partial charge on any atom is -0.487 e. The van der Waals surface area contributed by atoms with Gasteiger partial charge in [0.25, 0.3) is 0 Å². The van der Waals surface area contributed by atoms with Crippen molar-refractivity contribution in [2.24, 2.45) is 0 Å². The molecule has 0 spiro atoms. The second kappa shape index (κ2) is 4.99. The van der Waals surface area contributed by atoms with E-state index in [1.165, 1.54) is 10.7 Å². The third kappa shape index (κ3) is 2.15. The molecule has 2 aromatic heterocycles. The Morgan fingerprint density at radius 1 is 1.70 bits per heavy atom. The lowest BCUT2D eigenvalue weighted by atomic mass is 10.2. The smallest absolute Gasteiger partial charge is 0.341 e. The Hall–Kier alpha value is -2.31. The Kier molecular flexibility index (Phi) is 3.17. The monoisotopic (exact) mass is 279 g/mol. The summed E-state index contributed by atoms with van der Waals surface area (Å²) in [7, 11) is 0. The number of aromatic nitrogens is 2. The van der Waals surface area contributed by atoms with Gasteiger partial charge in [-0.15, -0.1) is 0 Å². The van der Waals surface area contributed by atoms with Crippen molar-refractivity contribution in [1.29, 1.82) is 0 Å². The Morgan fingerprint density at radius 3 is 3.35 bits per heavy atom. The summed E-state index contributed by atoms with van der Waals surface area (Å²) in [5, 5.41) is 7.06. The van der Waals surface area contributed by atoms with E-state index in [2.05, 4.69) is 10.4 Å². The van der Waals surface area contributed by atoms with Gasteiger partial charge in [-0.1, -0.05) is 0 Å². The highest BCUT2D eigenvalue weighted by atomic mass is 19.1. The zero-order chi connectivity index (χ0) is 14.1. The average Bonchev–Trinajstić information content (AvgIpc) is 2.76. The van der Waals surface area contributed by atoms with Crippen molar-refractivity contribution in [1.82, 2.24) is 9.61 Å². The molecular weight excluding hydrogens is 265 g/mol. The van der Waals surface area contributed by atoms with Crippen LogP contribution in [0.3, 0.4) is 0 Å². The van der Waals surface area contributed by atoms with E-state index in [0.29, 0.717) is 29.1 Å². The van der Waals surface area contributed by atoms with E-state index in [1.807, 2.05) is 0 Å². The van der Waals surface area contributed by atoms with Crippen LogP contribution in [-0.4, -0.2) is 41.5 Å². The van der Waals surface area contributed by atoms with Gasteiger partial charge in [0, 0.05) is 6.54 Å². The molecule has 0 amide bonds. The van der Waals surface area contributed by atoms with Crippen LogP contribution in [0.15, 0.2) is 18.5 Å². The van der Waals surface area contributed by atoms with Gasteiger partial charge in [-0.2, -0.15) is 5.10 Å². The largest absolute Gasteiger partial charge is 0.487 e. The normalized spacial score (nSPS) is 17.8. The van der Waals surface area contributed by atoms with Crippen LogP contribution in [0.2, 0.25) is 0 Å². The van der Waals surface area contributed by atoms with Gasteiger partial charge in [-0.3, -0.25) is 0 Å². The highest BCUT2D eigenvalue weighted by molar-refractivity contribution is 5.97. The molecule has 0 bridgehead atoms. The summed E-state index contributed by atoms with van der Waals surface area (Å²) in [5.41, 5.74) is 1.61. The molecule has 0 aliphatic carbocycles. The maximum Gasteiger partial charge on any atom is 0.341 e. The van der Waals surface area contributed by atoms with Crippen molar-refractivity contribution in [2.75, 3.05) is 25.1 Å². The minimum absolute atomic E-state index is 0.00247. The van der Waals surface area contributed by atoms with Crippen LogP contribution in [-0.2, 0) is 4.74 Å². The molecule has 6 nitrogen and oxygen atoms in total. The molecule has 0 aromatic carbocycles. The van der Waals surface area contributed by atoms with Crippen LogP contribution in [0.25, 0.3) is 5.52 Å².